The Kier molecular flexibility index (Phi) is 7.44. The van der Waals surface area contributed by atoms with Gasteiger partial charge in [0.1, 0.15) is 0 Å². The highest BCUT2D eigenvalue weighted by Crippen LogP contribution is 2.24. The summed E-state index contributed by atoms with van der Waals surface area (Å²) in [5.41, 5.74) is 3.24. The first-order chi connectivity index (χ1) is 15.9. The molecule has 3 rings (SSSR count). The van der Waals surface area contributed by atoms with Gasteiger partial charge in [-0.1, -0.05) is 35.9 Å². The highest BCUT2D eigenvalue weighted by atomic mass is 32.2. The first kappa shape index (κ1) is 25.4. The Bertz CT molecular complexity index is 1400. The van der Waals surface area contributed by atoms with E-state index in [1.54, 1.807) is 61.5 Å². The molecule has 180 valence electrons. The molecule has 0 radical (unpaired) electrons. The Morgan fingerprint density at radius 2 is 1.44 bits per heavy atom. The van der Waals surface area contributed by atoms with Gasteiger partial charge in [-0.2, -0.15) is 0 Å². The average Bonchev–Trinajstić information content (AvgIpc) is 2.80. The van der Waals surface area contributed by atoms with Crippen LogP contribution in [0.25, 0.3) is 0 Å². The summed E-state index contributed by atoms with van der Waals surface area (Å²) in [5.74, 6) is -0.324. The van der Waals surface area contributed by atoms with Gasteiger partial charge in [-0.25, -0.2) is 21.6 Å². The van der Waals surface area contributed by atoms with E-state index in [0.29, 0.717) is 16.9 Å². The number of nitrogens with zero attached hydrogens (tertiary/aromatic N) is 1. The van der Waals surface area contributed by atoms with Crippen LogP contribution in [0.2, 0.25) is 0 Å². The molecule has 34 heavy (non-hydrogen) atoms. The fourth-order valence-electron chi connectivity index (χ4n) is 3.23. The molecule has 0 spiro atoms. The summed E-state index contributed by atoms with van der Waals surface area (Å²) in [6.07, 6.45) is 0.0388. The maximum absolute atomic E-state index is 12.9. The molecule has 0 aromatic heterocycles. The topological polar surface area (TPSA) is 113 Å². The van der Waals surface area contributed by atoms with Crippen molar-refractivity contribution < 1.29 is 21.6 Å². The van der Waals surface area contributed by atoms with E-state index in [-0.39, 0.29) is 22.1 Å². The van der Waals surface area contributed by atoms with E-state index in [9.17, 15) is 21.6 Å². The summed E-state index contributed by atoms with van der Waals surface area (Å²) >= 11 is 0. The second kappa shape index (κ2) is 9.96. The number of rotatable bonds is 8. The number of nitrogens with one attached hydrogen (secondary N) is 2. The smallest absolute Gasteiger partial charge is 0.264 e. The standard InChI is InChI=1S/C24H27N3O5S2/c1-17-5-12-21(13-6-17)34(31,32)27(4)20-10-8-19(9-11-20)15-24(28)26-23-16-22(14-7-18(23)2)33(29,30)25-3/h5-14,16,25H,15H2,1-4H3,(H,26,28). The highest BCUT2D eigenvalue weighted by Gasteiger charge is 2.21. The number of anilines is 2. The van der Waals surface area contributed by atoms with Gasteiger partial charge in [-0.05, 0) is 68.4 Å². The molecule has 10 heteroatoms. The van der Waals surface area contributed by atoms with Crippen LogP contribution in [0.5, 0.6) is 0 Å². The average molecular weight is 502 g/mol. The molecule has 0 unspecified atom stereocenters. The number of benzene rings is 3. The molecule has 0 atom stereocenters. The monoisotopic (exact) mass is 501 g/mol. The van der Waals surface area contributed by atoms with Crippen molar-refractivity contribution in [2.24, 2.45) is 0 Å². The molecule has 0 saturated carbocycles. The Hall–Kier alpha value is -3.21. The first-order valence-electron chi connectivity index (χ1n) is 10.4. The predicted molar refractivity (Wildman–Crippen MR) is 133 cm³/mol. The minimum atomic E-state index is -3.71. The zero-order chi connectivity index (χ0) is 25.1. The molecular weight excluding hydrogens is 474 g/mol. The van der Waals surface area contributed by atoms with Crippen molar-refractivity contribution in [3.05, 3.63) is 83.4 Å². The van der Waals surface area contributed by atoms with Gasteiger partial charge >= 0.3 is 0 Å². The van der Waals surface area contributed by atoms with Crippen LogP contribution in [0.3, 0.4) is 0 Å². The fraction of sp³-hybridized carbons (Fsp3) is 0.208. The van der Waals surface area contributed by atoms with Crippen molar-refractivity contribution in [3.63, 3.8) is 0 Å². The summed E-state index contributed by atoms with van der Waals surface area (Å²) in [7, 11) is -4.55. The Balaban J connectivity index is 1.72. The quantitative estimate of drug-likeness (QED) is 0.492. The van der Waals surface area contributed by atoms with Crippen LogP contribution in [0.4, 0.5) is 11.4 Å². The zero-order valence-electron chi connectivity index (χ0n) is 19.4. The van der Waals surface area contributed by atoms with E-state index in [1.807, 2.05) is 6.92 Å². The van der Waals surface area contributed by atoms with E-state index in [2.05, 4.69) is 10.0 Å². The Labute approximate surface area is 200 Å². The van der Waals surface area contributed by atoms with E-state index in [0.717, 1.165) is 11.1 Å². The SMILES string of the molecule is CNS(=O)(=O)c1ccc(C)c(NC(=O)Cc2ccc(N(C)S(=O)(=O)c3ccc(C)cc3)cc2)c1. The molecule has 3 aromatic rings. The molecule has 0 aliphatic rings. The van der Waals surface area contributed by atoms with Crippen LogP contribution in [0.1, 0.15) is 16.7 Å². The molecular formula is C24H27N3O5S2. The van der Waals surface area contributed by atoms with Crippen LogP contribution < -0.4 is 14.3 Å². The fourth-order valence-corrected chi connectivity index (χ4v) is 5.18. The van der Waals surface area contributed by atoms with Crippen molar-refractivity contribution in [3.8, 4) is 0 Å². The van der Waals surface area contributed by atoms with E-state index < -0.39 is 20.0 Å². The number of amides is 1. The second-order valence-electron chi connectivity index (χ2n) is 7.86. The first-order valence-corrected chi connectivity index (χ1v) is 13.3. The minimum Gasteiger partial charge on any atom is -0.326 e. The normalized spacial score (nSPS) is 11.8. The van der Waals surface area contributed by atoms with E-state index in [4.69, 9.17) is 0 Å². The summed E-state index contributed by atoms with van der Waals surface area (Å²) in [6.45, 7) is 3.65. The summed E-state index contributed by atoms with van der Waals surface area (Å²) in [6, 6.07) is 17.8. The van der Waals surface area contributed by atoms with Gasteiger partial charge in [0.15, 0.2) is 0 Å². The third-order valence-electron chi connectivity index (χ3n) is 5.41. The third-order valence-corrected chi connectivity index (χ3v) is 8.62. The van der Waals surface area contributed by atoms with E-state index in [1.165, 1.54) is 30.5 Å². The van der Waals surface area contributed by atoms with Crippen molar-refractivity contribution >= 4 is 37.3 Å². The second-order valence-corrected chi connectivity index (χ2v) is 11.7. The van der Waals surface area contributed by atoms with Crippen molar-refractivity contribution in [1.29, 1.82) is 0 Å². The van der Waals surface area contributed by atoms with Crippen molar-refractivity contribution in [2.45, 2.75) is 30.1 Å². The Morgan fingerprint density at radius 3 is 2.03 bits per heavy atom. The van der Waals surface area contributed by atoms with Crippen LogP contribution >= 0.6 is 0 Å². The molecule has 1 amide bonds. The third kappa shape index (κ3) is 5.64. The van der Waals surface area contributed by atoms with Crippen molar-refractivity contribution in [2.75, 3.05) is 23.7 Å². The lowest BCUT2D eigenvalue weighted by Gasteiger charge is -2.20. The summed E-state index contributed by atoms with van der Waals surface area (Å²) in [5, 5.41) is 2.75. The number of carbonyl (C=O) groups excluding carboxylic acids is 1. The van der Waals surface area contributed by atoms with Crippen LogP contribution in [-0.4, -0.2) is 36.8 Å². The molecule has 2 N–H and O–H groups in total. The van der Waals surface area contributed by atoms with Crippen LogP contribution in [-0.2, 0) is 31.3 Å². The number of sulfonamides is 2. The number of hydrogen-bond acceptors (Lipinski definition) is 5. The minimum absolute atomic E-state index is 0.0388. The maximum atomic E-state index is 12.9. The Morgan fingerprint density at radius 1 is 0.853 bits per heavy atom. The number of carbonyl (C=O) groups is 1. The van der Waals surface area contributed by atoms with Gasteiger partial charge in [0.05, 0.1) is 21.9 Å². The van der Waals surface area contributed by atoms with Gasteiger partial charge in [-0.15, -0.1) is 0 Å². The molecule has 0 aliphatic carbocycles. The highest BCUT2D eigenvalue weighted by molar-refractivity contribution is 7.92. The predicted octanol–water partition coefficient (Wildman–Crippen LogP) is 3.22. The van der Waals surface area contributed by atoms with Gasteiger partial charge in [-0.3, -0.25) is 9.10 Å². The van der Waals surface area contributed by atoms with Gasteiger partial charge in [0, 0.05) is 12.7 Å². The van der Waals surface area contributed by atoms with Gasteiger partial charge < -0.3 is 5.32 Å². The lowest BCUT2D eigenvalue weighted by molar-refractivity contribution is -0.115. The van der Waals surface area contributed by atoms with Gasteiger partial charge in [0.2, 0.25) is 15.9 Å². The lowest BCUT2D eigenvalue weighted by Crippen LogP contribution is -2.26. The van der Waals surface area contributed by atoms with Crippen LogP contribution in [0, 0.1) is 13.8 Å². The number of aryl methyl sites for hydroxylation is 2. The molecule has 3 aromatic carbocycles. The molecule has 0 bridgehead atoms. The summed E-state index contributed by atoms with van der Waals surface area (Å²) < 4.78 is 53.3. The van der Waals surface area contributed by atoms with E-state index >= 15 is 0 Å². The zero-order valence-corrected chi connectivity index (χ0v) is 21.0. The molecule has 0 heterocycles. The molecule has 0 fully saturated rings. The summed E-state index contributed by atoms with van der Waals surface area (Å²) in [4.78, 5) is 12.8. The van der Waals surface area contributed by atoms with Gasteiger partial charge in [0.25, 0.3) is 10.0 Å². The molecule has 8 nitrogen and oxygen atoms in total. The maximum Gasteiger partial charge on any atom is 0.264 e. The largest absolute Gasteiger partial charge is 0.326 e. The molecule has 0 aliphatic heterocycles. The molecule has 0 saturated heterocycles. The van der Waals surface area contributed by atoms with Crippen LogP contribution in [0.15, 0.2) is 76.5 Å². The van der Waals surface area contributed by atoms with Crippen molar-refractivity contribution in [1.82, 2.24) is 4.72 Å². The lowest BCUT2D eigenvalue weighted by atomic mass is 10.1. The number of hydrogen-bond donors (Lipinski definition) is 2.